The Bertz CT molecular complexity index is 334. The third-order valence-electron chi connectivity index (χ3n) is 2.61. The van der Waals surface area contributed by atoms with Gasteiger partial charge in [-0.15, -0.1) is 0 Å². The number of hydrogen-bond acceptors (Lipinski definition) is 4. The minimum atomic E-state index is -3.41. The molecule has 0 aromatic heterocycles. The van der Waals surface area contributed by atoms with Gasteiger partial charge in [0.25, 0.3) is 0 Å². The number of hydrogen-bond donors (Lipinski definition) is 1. The fourth-order valence-electron chi connectivity index (χ4n) is 1.58. The van der Waals surface area contributed by atoms with Crippen LogP contribution in [0.3, 0.4) is 0 Å². The Morgan fingerprint density at radius 2 is 2.25 bits per heavy atom. The van der Waals surface area contributed by atoms with Gasteiger partial charge in [-0.3, -0.25) is 4.79 Å². The molecule has 0 aromatic rings. The van der Waals surface area contributed by atoms with Crippen LogP contribution in [-0.2, 0) is 19.6 Å². The van der Waals surface area contributed by atoms with Gasteiger partial charge >= 0.3 is 5.97 Å². The molecule has 1 heterocycles. The summed E-state index contributed by atoms with van der Waals surface area (Å²) >= 11 is 0. The molecule has 0 aliphatic carbocycles. The first-order valence-electron chi connectivity index (χ1n) is 5.19. The molecule has 0 amide bonds. The van der Waals surface area contributed by atoms with E-state index < -0.39 is 21.2 Å². The van der Waals surface area contributed by atoms with Crippen molar-refractivity contribution >= 4 is 16.0 Å². The van der Waals surface area contributed by atoms with Gasteiger partial charge in [-0.05, 0) is 12.8 Å². The van der Waals surface area contributed by atoms with Crippen molar-refractivity contribution in [2.45, 2.75) is 24.5 Å². The Balaban J connectivity index is 2.57. The number of sulfonamides is 1. The van der Waals surface area contributed by atoms with Crippen molar-refractivity contribution in [2.24, 2.45) is 0 Å². The van der Waals surface area contributed by atoms with Gasteiger partial charge in [0.15, 0.2) is 0 Å². The molecule has 0 saturated carbocycles. The van der Waals surface area contributed by atoms with Crippen LogP contribution in [0.25, 0.3) is 0 Å². The topological polar surface area (TPSA) is 83.9 Å². The number of aliphatic carboxylic acids is 1. The predicted octanol–water partition coefficient (Wildman–Crippen LogP) is -0.0983. The van der Waals surface area contributed by atoms with E-state index in [4.69, 9.17) is 9.84 Å². The second kappa shape index (κ2) is 5.60. The van der Waals surface area contributed by atoms with Crippen LogP contribution in [0, 0.1) is 0 Å². The summed E-state index contributed by atoms with van der Waals surface area (Å²) in [5.41, 5.74) is 0. The average Bonchev–Trinajstić information content (AvgIpc) is 2.27. The van der Waals surface area contributed by atoms with E-state index in [9.17, 15) is 13.2 Å². The molecule has 6 nitrogen and oxygen atoms in total. The molecular weight excluding hydrogens is 234 g/mol. The van der Waals surface area contributed by atoms with Crippen LogP contribution >= 0.6 is 0 Å². The first-order valence-corrected chi connectivity index (χ1v) is 6.69. The maximum absolute atomic E-state index is 12.0. The molecule has 1 rings (SSSR count). The largest absolute Gasteiger partial charge is 0.481 e. The summed E-state index contributed by atoms with van der Waals surface area (Å²) in [6.45, 7) is 0.818. The molecule has 16 heavy (non-hydrogen) atoms. The average molecular weight is 251 g/mol. The molecule has 1 aliphatic heterocycles. The first kappa shape index (κ1) is 13.4. The Labute approximate surface area is 95.2 Å². The van der Waals surface area contributed by atoms with E-state index in [0.29, 0.717) is 13.0 Å². The lowest BCUT2D eigenvalue weighted by Gasteiger charge is -2.26. The fraction of sp³-hybridized carbons (Fsp3) is 0.889. The minimum absolute atomic E-state index is 0.00810. The SMILES string of the molecule is CN(CCC(=O)O)S(=O)(=O)C1CCCOC1. The zero-order valence-electron chi connectivity index (χ0n) is 9.26. The second-order valence-electron chi connectivity index (χ2n) is 3.85. The van der Waals surface area contributed by atoms with E-state index in [-0.39, 0.29) is 19.6 Å². The Morgan fingerprint density at radius 3 is 2.75 bits per heavy atom. The van der Waals surface area contributed by atoms with Crippen molar-refractivity contribution in [3.8, 4) is 0 Å². The lowest BCUT2D eigenvalue weighted by molar-refractivity contribution is -0.137. The van der Waals surface area contributed by atoms with E-state index in [0.717, 1.165) is 10.7 Å². The molecule has 0 bridgehead atoms. The second-order valence-corrected chi connectivity index (χ2v) is 6.17. The number of carbonyl (C=O) groups is 1. The quantitative estimate of drug-likeness (QED) is 0.737. The zero-order chi connectivity index (χ0) is 12.2. The molecule has 1 unspecified atom stereocenters. The highest BCUT2D eigenvalue weighted by Crippen LogP contribution is 2.17. The van der Waals surface area contributed by atoms with E-state index >= 15 is 0 Å². The molecule has 1 N–H and O–H groups in total. The van der Waals surface area contributed by atoms with Gasteiger partial charge in [-0.1, -0.05) is 0 Å². The molecule has 0 spiro atoms. The first-order chi connectivity index (χ1) is 7.44. The summed E-state index contributed by atoms with van der Waals surface area (Å²) < 4.78 is 30.1. The zero-order valence-corrected chi connectivity index (χ0v) is 10.1. The van der Waals surface area contributed by atoms with Gasteiger partial charge in [-0.25, -0.2) is 12.7 Å². The summed E-state index contributed by atoms with van der Waals surface area (Å²) in [4.78, 5) is 10.4. The maximum Gasteiger partial charge on any atom is 0.304 e. The van der Waals surface area contributed by atoms with Crippen LogP contribution in [-0.4, -0.2) is 55.9 Å². The van der Waals surface area contributed by atoms with Crippen molar-refractivity contribution in [2.75, 3.05) is 26.8 Å². The Kier molecular flexibility index (Phi) is 4.69. The van der Waals surface area contributed by atoms with Crippen LogP contribution in [0.1, 0.15) is 19.3 Å². The van der Waals surface area contributed by atoms with Gasteiger partial charge in [0, 0.05) is 20.2 Å². The molecule has 1 saturated heterocycles. The van der Waals surface area contributed by atoms with Gasteiger partial charge < -0.3 is 9.84 Å². The third-order valence-corrected chi connectivity index (χ3v) is 4.88. The van der Waals surface area contributed by atoms with Crippen molar-refractivity contribution in [1.82, 2.24) is 4.31 Å². The monoisotopic (exact) mass is 251 g/mol. The van der Waals surface area contributed by atoms with Crippen LogP contribution in [0.4, 0.5) is 0 Å². The Morgan fingerprint density at radius 1 is 1.56 bits per heavy atom. The summed E-state index contributed by atoms with van der Waals surface area (Å²) in [6, 6.07) is 0. The lowest BCUT2D eigenvalue weighted by atomic mass is 10.2. The lowest BCUT2D eigenvalue weighted by Crippen LogP contribution is -2.41. The van der Waals surface area contributed by atoms with Gasteiger partial charge in [0.1, 0.15) is 0 Å². The summed E-state index contributed by atoms with van der Waals surface area (Å²) in [7, 11) is -2.00. The molecule has 1 aliphatic rings. The molecule has 7 heteroatoms. The smallest absolute Gasteiger partial charge is 0.304 e. The highest BCUT2D eigenvalue weighted by Gasteiger charge is 2.31. The molecule has 1 atom stereocenters. The van der Waals surface area contributed by atoms with Crippen LogP contribution in [0.2, 0.25) is 0 Å². The molecular formula is C9H17NO5S. The van der Waals surface area contributed by atoms with Gasteiger partial charge in [0.05, 0.1) is 18.3 Å². The highest BCUT2D eigenvalue weighted by molar-refractivity contribution is 7.89. The molecule has 0 aromatic carbocycles. The van der Waals surface area contributed by atoms with Crippen LogP contribution in [0.15, 0.2) is 0 Å². The fourth-order valence-corrected chi connectivity index (χ4v) is 3.17. The standard InChI is InChI=1S/C9H17NO5S/c1-10(5-4-9(11)12)16(13,14)8-3-2-6-15-7-8/h8H,2-7H2,1H3,(H,11,12). The Hall–Kier alpha value is -0.660. The predicted molar refractivity (Wildman–Crippen MR) is 57.6 cm³/mol. The molecule has 1 fully saturated rings. The van der Waals surface area contributed by atoms with E-state index in [1.165, 1.54) is 7.05 Å². The van der Waals surface area contributed by atoms with E-state index in [1.807, 2.05) is 0 Å². The van der Waals surface area contributed by atoms with Crippen molar-refractivity contribution in [3.63, 3.8) is 0 Å². The highest BCUT2D eigenvalue weighted by atomic mass is 32.2. The van der Waals surface area contributed by atoms with Crippen molar-refractivity contribution in [3.05, 3.63) is 0 Å². The number of carboxylic acid groups (broad SMARTS) is 1. The number of rotatable bonds is 5. The maximum atomic E-state index is 12.0. The van der Waals surface area contributed by atoms with Crippen LogP contribution in [0.5, 0.6) is 0 Å². The van der Waals surface area contributed by atoms with Crippen LogP contribution < -0.4 is 0 Å². The number of nitrogens with zero attached hydrogens (tertiary/aromatic N) is 1. The van der Waals surface area contributed by atoms with Gasteiger partial charge in [-0.2, -0.15) is 0 Å². The van der Waals surface area contributed by atoms with Gasteiger partial charge in [0.2, 0.25) is 10.0 Å². The normalized spacial score (nSPS) is 22.2. The number of carboxylic acids is 1. The summed E-state index contributed by atoms with van der Waals surface area (Å²) in [6.07, 6.45) is 1.14. The summed E-state index contributed by atoms with van der Waals surface area (Å²) in [5.74, 6) is -0.998. The molecule has 0 radical (unpaired) electrons. The van der Waals surface area contributed by atoms with Crippen molar-refractivity contribution < 1.29 is 23.1 Å². The van der Waals surface area contributed by atoms with E-state index in [1.54, 1.807) is 0 Å². The third kappa shape index (κ3) is 3.43. The summed E-state index contributed by atoms with van der Waals surface area (Å²) in [5, 5.41) is 7.96. The van der Waals surface area contributed by atoms with E-state index in [2.05, 4.69) is 0 Å². The molecule has 94 valence electrons. The minimum Gasteiger partial charge on any atom is -0.481 e. The number of ether oxygens (including phenoxy) is 1. The van der Waals surface area contributed by atoms with Crippen molar-refractivity contribution in [1.29, 1.82) is 0 Å².